The predicted octanol–water partition coefficient (Wildman–Crippen LogP) is 3.56. The molecule has 3 rings (SSSR count). The number of piperazine rings is 1. The van der Waals surface area contributed by atoms with Gasteiger partial charge >= 0.3 is 6.03 Å². The lowest BCUT2D eigenvalue weighted by atomic mass is 10.1. The number of methoxy groups -OCH3 is 1. The first-order valence-corrected chi connectivity index (χ1v) is 9.04. The highest BCUT2D eigenvalue weighted by molar-refractivity contribution is 5.96. The van der Waals surface area contributed by atoms with Gasteiger partial charge < -0.3 is 19.9 Å². The number of carbonyl (C=O) groups excluding carboxylic acids is 2. The van der Waals surface area contributed by atoms with Gasteiger partial charge in [-0.1, -0.05) is 18.2 Å². The standard InChI is InChI=1S/C21H25N3O3/c1-15-7-8-20(27-3)19(13-15)23-9-11-24(12-10-23)21(26)22-18-6-4-5-17(14-18)16(2)25/h4-8,13-14H,9-12H2,1-3H3,(H,22,26). The van der Waals surface area contributed by atoms with Crippen molar-refractivity contribution >= 4 is 23.2 Å². The number of carbonyl (C=O) groups is 2. The molecule has 142 valence electrons. The number of aryl methyl sites for hydroxylation is 1. The van der Waals surface area contributed by atoms with E-state index in [0.29, 0.717) is 24.3 Å². The zero-order chi connectivity index (χ0) is 19.4. The number of nitrogens with one attached hydrogen (secondary N) is 1. The van der Waals surface area contributed by atoms with Crippen LogP contribution < -0.4 is 15.0 Å². The maximum atomic E-state index is 12.6. The Hall–Kier alpha value is -3.02. The fraction of sp³-hybridized carbons (Fsp3) is 0.333. The van der Waals surface area contributed by atoms with Crippen LogP contribution in [0.1, 0.15) is 22.8 Å². The molecule has 2 aromatic carbocycles. The summed E-state index contributed by atoms with van der Waals surface area (Å²) in [7, 11) is 1.67. The van der Waals surface area contributed by atoms with Crippen LogP contribution in [0.3, 0.4) is 0 Å². The first-order valence-electron chi connectivity index (χ1n) is 9.04. The quantitative estimate of drug-likeness (QED) is 0.840. The van der Waals surface area contributed by atoms with Gasteiger partial charge in [0.1, 0.15) is 5.75 Å². The van der Waals surface area contributed by atoms with Crippen molar-refractivity contribution in [1.29, 1.82) is 0 Å². The summed E-state index contributed by atoms with van der Waals surface area (Å²) >= 11 is 0. The first kappa shape index (κ1) is 18.8. The summed E-state index contributed by atoms with van der Waals surface area (Å²) in [6.07, 6.45) is 0. The lowest BCUT2D eigenvalue weighted by Gasteiger charge is -2.36. The van der Waals surface area contributed by atoms with Crippen molar-refractivity contribution in [3.8, 4) is 5.75 Å². The largest absolute Gasteiger partial charge is 0.495 e. The van der Waals surface area contributed by atoms with Crippen molar-refractivity contribution in [2.45, 2.75) is 13.8 Å². The Bertz CT molecular complexity index is 842. The smallest absolute Gasteiger partial charge is 0.321 e. The molecule has 1 heterocycles. The van der Waals surface area contributed by atoms with Gasteiger partial charge in [-0.05, 0) is 43.7 Å². The third-order valence-corrected chi connectivity index (χ3v) is 4.76. The van der Waals surface area contributed by atoms with Crippen molar-refractivity contribution in [3.05, 3.63) is 53.6 Å². The monoisotopic (exact) mass is 367 g/mol. The van der Waals surface area contributed by atoms with Gasteiger partial charge in [0.25, 0.3) is 0 Å². The molecule has 0 unspecified atom stereocenters. The molecule has 27 heavy (non-hydrogen) atoms. The highest BCUT2D eigenvalue weighted by atomic mass is 16.5. The zero-order valence-electron chi connectivity index (χ0n) is 16.0. The van der Waals surface area contributed by atoms with E-state index in [-0.39, 0.29) is 11.8 Å². The molecule has 0 saturated carbocycles. The number of Topliss-reactive ketones (excluding diaryl/α,β-unsaturated/α-hetero) is 1. The molecule has 0 aromatic heterocycles. The summed E-state index contributed by atoms with van der Waals surface area (Å²) in [6, 6.07) is 13.0. The number of hydrogen-bond donors (Lipinski definition) is 1. The topological polar surface area (TPSA) is 61.9 Å². The number of anilines is 2. The van der Waals surface area contributed by atoms with E-state index in [2.05, 4.69) is 23.2 Å². The second-order valence-corrected chi connectivity index (χ2v) is 6.72. The normalized spacial score (nSPS) is 14.0. The molecule has 6 nitrogen and oxygen atoms in total. The average molecular weight is 367 g/mol. The Kier molecular flexibility index (Phi) is 5.64. The number of rotatable bonds is 4. The average Bonchev–Trinajstić information content (AvgIpc) is 2.68. The maximum absolute atomic E-state index is 12.6. The van der Waals surface area contributed by atoms with Gasteiger partial charge in [0.05, 0.1) is 12.8 Å². The van der Waals surface area contributed by atoms with Crippen molar-refractivity contribution < 1.29 is 14.3 Å². The molecule has 1 aliphatic heterocycles. The van der Waals surface area contributed by atoms with Gasteiger partial charge in [0, 0.05) is 37.4 Å². The summed E-state index contributed by atoms with van der Waals surface area (Å²) in [5.41, 5.74) is 3.46. The van der Waals surface area contributed by atoms with Crippen LogP contribution in [0.4, 0.5) is 16.2 Å². The molecule has 0 bridgehead atoms. The lowest BCUT2D eigenvalue weighted by molar-refractivity contribution is 0.101. The molecular weight excluding hydrogens is 342 g/mol. The molecule has 0 atom stereocenters. The van der Waals surface area contributed by atoms with E-state index >= 15 is 0 Å². The fourth-order valence-corrected chi connectivity index (χ4v) is 3.22. The van der Waals surface area contributed by atoms with Gasteiger partial charge in [-0.3, -0.25) is 4.79 Å². The SMILES string of the molecule is COc1ccc(C)cc1N1CCN(C(=O)Nc2cccc(C(C)=O)c2)CC1. The lowest BCUT2D eigenvalue weighted by Crippen LogP contribution is -2.50. The van der Waals surface area contributed by atoms with Gasteiger partial charge in [0.2, 0.25) is 0 Å². The summed E-state index contributed by atoms with van der Waals surface area (Å²) in [5, 5.41) is 2.88. The molecule has 1 saturated heterocycles. The number of ether oxygens (including phenoxy) is 1. The van der Waals surface area contributed by atoms with Gasteiger partial charge in [-0.25, -0.2) is 4.79 Å². The third-order valence-electron chi connectivity index (χ3n) is 4.76. The zero-order valence-corrected chi connectivity index (χ0v) is 16.0. The Labute approximate surface area is 159 Å². The van der Waals surface area contributed by atoms with Gasteiger partial charge in [0.15, 0.2) is 5.78 Å². The first-order chi connectivity index (χ1) is 13.0. The van der Waals surface area contributed by atoms with Crippen molar-refractivity contribution in [1.82, 2.24) is 4.90 Å². The van der Waals surface area contributed by atoms with Crippen LogP contribution in [0.15, 0.2) is 42.5 Å². The fourth-order valence-electron chi connectivity index (χ4n) is 3.22. The Morgan fingerprint density at radius 1 is 1.04 bits per heavy atom. The van der Waals surface area contributed by atoms with Crippen LogP contribution >= 0.6 is 0 Å². The summed E-state index contributed by atoms with van der Waals surface area (Å²) < 4.78 is 5.48. The van der Waals surface area contributed by atoms with E-state index in [1.54, 1.807) is 36.3 Å². The number of ketones is 1. The maximum Gasteiger partial charge on any atom is 0.321 e. The molecule has 0 spiro atoms. The van der Waals surface area contributed by atoms with Crippen molar-refractivity contribution in [3.63, 3.8) is 0 Å². The molecule has 6 heteroatoms. The molecule has 0 aliphatic carbocycles. The molecule has 1 N–H and O–H groups in total. The highest BCUT2D eigenvalue weighted by Gasteiger charge is 2.23. The third kappa shape index (κ3) is 4.39. The molecule has 1 aliphatic rings. The van der Waals surface area contributed by atoms with Crippen LogP contribution in [-0.2, 0) is 0 Å². The second-order valence-electron chi connectivity index (χ2n) is 6.72. The van der Waals surface area contributed by atoms with E-state index in [1.807, 2.05) is 12.1 Å². The number of hydrogen-bond acceptors (Lipinski definition) is 4. The van der Waals surface area contributed by atoms with Gasteiger partial charge in [-0.2, -0.15) is 0 Å². The molecule has 2 amide bonds. The number of amides is 2. The minimum absolute atomic E-state index is 0.0215. The summed E-state index contributed by atoms with van der Waals surface area (Å²) in [6.45, 7) is 6.29. The molecule has 0 radical (unpaired) electrons. The highest BCUT2D eigenvalue weighted by Crippen LogP contribution is 2.30. The van der Waals surface area contributed by atoms with Crippen LogP contribution in [0, 0.1) is 6.92 Å². The van der Waals surface area contributed by atoms with Crippen LogP contribution in [0.5, 0.6) is 5.75 Å². The van der Waals surface area contributed by atoms with Crippen LogP contribution in [0.2, 0.25) is 0 Å². The van der Waals surface area contributed by atoms with E-state index in [1.165, 1.54) is 12.5 Å². The van der Waals surface area contributed by atoms with E-state index in [0.717, 1.165) is 24.5 Å². The van der Waals surface area contributed by atoms with Crippen LogP contribution in [0.25, 0.3) is 0 Å². The van der Waals surface area contributed by atoms with Crippen LogP contribution in [-0.4, -0.2) is 50.0 Å². The summed E-state index contributed by atoms with van der Waals surface area (Å²) in [4.78, 5) is 28.1. The van der Waals surface area contributed by atoms with Crippen molar-refractivity contribution in [2.75, 3.05) is 43.5 Å². The Morgan fingerprint density at radius 3 is 2.44 bits per heavy atom. The summed E-state index contributed by atoms with van der Waals surface area (Å²) in [5.74, 6) is 0.825. The predicted molar refractivity (Wildman–Crippen MR) is 107 cm³/mol. The Balaban J connectivity index is 1.62. The van der Waals surface area contributed by atoms with E-state index < -0.39 is 0 Å². The minimum atomic E-state index is -0.147. The second kappa shape index (κ2) is 8.12. The number of urea groups is 1. The van der Waals surface area contributed by atoms with Crippen molar-refractivity contribution in [2.24, 2.45) is 0 Å². The van der Waals surface area contributed by atoms with E-state index in [4.69, 9.17) is 4.74 Å². The molecular formula is C21H25N3O3. The number of nitrogens with zero attached hydrogens (tertiary/aromatic N) is 2. The Morgan fingerprint density at radius 2 is 1.78 bits per heavy atom. The minimum Gasteiger partial charge on any atom is -0.495 e. The van der Waals surface area contributed by atoms with Gasteiger partial charge in [-0.15, -0.1) is 0 Å². The molecule has 2 aromatic rings. The molecule has 1 fully saturated rings. The van der Waals surface area contributed by atoms with E-state index in [9.17, 15) is 9.59 Å². The number of benzene rings is 2.